The summed E-state index contributed by atoms with van der Waals surface area (Å²) in [5.74, 6) is -3.21. The molecule has 0 spiro atoms. The number of benzene rings is 1. The number of esters is 1. The average Bonchev–Trinajstić information content (AvgIpc) is 2.29. The van der Waals surface area contributed by atoms with Gasteiger partial charge in [-0.15, -0.1) is 0 Å². The van der Waals surface area contributed by atoms with Crippen LogP contribution < -0.4 is 0 Å². The van der Waals surface area contributed by atoms with Gasteiger partial charge in [0.15, 0.2) is 6.10 Å². The number of halogens is 1. The third kappa shape index (κ3) is 2.48. The lowest BCUT2D eigenvalue weighted by Crippen LogP contribution is -2.14. The second-order valence-corrected chi connectivity index (χ2v) is 3.05. The lowest BCUT2D eigenvalue weighted by molar-refractivity contribution is -0.386. The van der Waals surface area contributed by atoms with Gasteiger partial charge in [-0.3, -0.25) is 10.1 Å². The van der Waals surface area contributed by atoms with Crippen molar-refractivity contribution in [3.63, 3.8) is 0 Å². The number of ether oxygens (including phenoxy) is 1. The van der Waals surface area contributed by atoms with E-state index in [-0.39, 0.29) is 0 Å². The first kappa shape index (κ1) is 12.8. The van der Waals surface area contributed by atoms with Crippen molar-refractivity contribution < 1.29 is 29.1 Å². The first-order chi connectivity index (χ1) is 7.88. The number of nitrogens with zero attached hydrogens (tertiary/aromatic N) is 1. The van der Waals surface area contributed by atoms with E-state index in [4.69, 9.17) is 0 Å². The van der Waals surface area contributed by atoms with Gasteiger partial charge in [-0.25, -0.2) is 9.18 Å². The Morgan fingerprint density at radius 3 is 2.65 bits per heavy atom. The largest absolute Gasteiger partial charge is 0.502 e. The third-order valence-electron chi connectivity index (χ3n) is 2.00. The molecule has 0 aromatic heterocycles. The Balaban J connectivity index is 3.34. The minimum Gasteiger partial charge on any atom is -0.502 e. The average molecular weight is 245 g/mol. The number of aliphatic hydroxyl groups is 1. The molecule has 0 amide bonds. The van der Waals surface area contributed by atoms with Gasteiger partial charge in [-0.2, -0.15) is 0 Å². The number of carbonyl (C=O) groups is 1. The Kier molecular flexibility index (Phi) is 3.59. The second-order valence-electron chi connectivity index (χ2n) is 3.05. The summed E-state index contributed by atoms with van der Waals surface area (Å²) < 4.78 is 17.2. The molecule has 0 fully saturated rings. The molecule has 0 saturated carbocycles. The molecule has 0 aliphatic heterocycles. The Labute approximate surface area is 94.2 Å². The van der Waals surface area contributed by atoms with Crippen LogP contribution in [0.4, 0.5) is 10.1 Å². The van der Waals surface area contributed by atoms with E-state index in [0.717, 1.165) is 7.11 Å². The van der Waals surface area contributed by atoms with Crippen LogP contribution in [0.1, 0.15) is 11.7 Å². The van der Waals surface area contributed by atoms with Gasteiger partial charge in [-0.05, 0) is 6.07 Å². The predicted octanol–water partition coefficient (Wildman–Crippen LogP) is 0.646. The third-order valence-corrected chi connectivity index (χ3v) is 2.00. The summed E-state index contributed by atoms with van der Waals surface area (Å²) in [4.78, 5) is 20.4. The fourth-order valence-corrected chi connectivity index (χ4v) is 1.19. The number of hydrogen-bond acceptors (Lipinski definition) is 6. The quantitative estimate of drug-likeness (QED) is 0.459. The molecular formula is C9H8FNO6. The van der Waals surface area contributed by atoms with E-state index in [9.17, 15) is 29.5 Å². The Morgan fingerprint density at radius 1 is 1.59 bits per heavy atom. The van der Waals surface area contributed by atoms with Gasteiger partial charge < -0.3 is 14.9 Å². The van der Waals surface area contributed by atoms with Crippen LogP contribution >= 0.6 is 0 Å². The maximum atomic E-state index is 13.0. The highest BCUT2D eigenvalue weighted by Crippen LogP contribution is 2.34. The predicted molar refractivity (Wildman–Crippen MR) is 51.7 cm³/mol. The van der Waals surface area contributed by atoms with Gasteiger partial charge in [0.05, 0.1) is 18.1 Å². The highest BCUT2D eigenvalue weighted by Gasteiger charge is 2.28. The van der Waals surface area contributed by atoms with Gasteiger partial charge in [0, 0.05) is 5.56 Å². The molecule has 92 valence electrons. The lowest BCUT2D eigenvalue weighted by Gasteiger charge is -2.10. The van der Waals surface area contributed by atoms with Gasteiger partial charge in [0.25, 0.3) is 0 Å². The van der Waals surface area contributed by atoms with E-state index in [1.165, 1.54) is 0 Å². The van der Waals surface area contributed by atoms with E-state index < -0.39 is 39.8 Å². The molecule has 7 nitrogen and oxygen atoms in total. The minimum absolute atomic E-state index is 0.475. The number of hydrogen-bond donors (Lipinski definition) is 2. The minimum atomic E-state index is -1.99. The van der Waals surface area contributed by atoms with Gasteiger partial charge >= 0.3 is 11.7 Å². The van der Waals surface area contributed by atoms with Crippen molar-refractivity contribution >= 4 is 11.7 Å². The van der Waals surface area contributed by atoms with Crippen LogP contribution in [0.3, 0.4) is 0 Å². The normalized spacial score (nSPS) is 11.9. The highest BCUT2D eigenvalue weighted by atomic mass is 19.1. The Bertz CT molecular complexity index is 475. The number of phenolic OH excluding ortho intramolecular Hbond substituents is 1. The second kappa shape index (κ2) is 4.74. The van der Waals surface area contributed by atoms with E-state index in [0.29, 0.717) is 12.1 Å². The number of aromatic hydroxyl groups is 1. The molecule has 0 aliphatic rings. The highest BCUT2D eigenvalue weighted by molar-refractivity contribution is 5.78. The molecule has 1 rings (SSSR count). The van der Waals surface area contributed by atoms with Crippen molar-refractivity contribution in [1.29, 1.82) is 0 Å². The maximum Gasteiger partial charge on any atom is 0.339 e. The van der Waals surface area contributed by atoms with Gasteiger partial charge in [0.2, 0.25) is 5.75 Å². The molecule has 0 heterocycles. The molecule has 0 aliphatic carbocycles. The summed E-state index contributed by atoms with van der Waals surface area (Å²) in [5.41, 5.74) is -1.56. The summed E-state index contributed by atoms with van der Waals surface area (Å²) in [6.07, 6.45) is -1.99. The Hall–Kier alpha value is -2.22. The summed E-state index contributed by atoms with van der Waals surface area (Å²) in [6, 6.07) is 1.09. The smallest absolute Gasteiger partial charge is 0.339 e. The fraction of sp³-hybridized carbons (Fsp3) is 0.222. The van der Waals surface area contributed by atoms with Crippen molar-refractivity contribution in [2.45, 2.75) is 6.10 Å². The number of aliphatic hydroxyl groups excluding tert-OH is 1. The van der Waals surface area contributed by atoms with E-state index in [2.05, 4.69) is 4.74 Å². The molecule has 17 heavy (non-hydrogen) atoms. The molecule has 1 unspecified atom stereocenters. The lowest BCUT2D eigenvalue weighted by atomic mass is 10.1. The molecule has 1 aromatic carbocycles. The van der Waals surface area contributed by atoms with Crippen molar-refractivity contribution in [3.05, 3.63) is 33.6 Å². The van der Waals surface area contributed by atoms with Gasteiger partial charge in [-0.1, -0.05) is 0 Å². The van der Waals surface area contributed by atoms with Crippen LogP contribution in [0, 0.1) is 15.9 Å². The molecule has 8 heteroatoms. The van der Waals surface area contributed by atoms with E-state index >= 15 is 0 Å². The Morgan fingerprint density at radius 2 is 2.18 bits per heavy atom. The van der Waals surface area contributed by atoms with Crippen molar-refractivity contribution in [3.8, 4) is 5.75 Å². The number of phenols is 1. The van der Waals surface area contributed by atoms with Crippen LogP contribution in [-0.4, -0.2) is 28.2 Å². The SMILES string of the molecule is COC(=O)C(O)c1cc(F)cc([N+](=O)[O-])c1O. The maximum absolute atomic E-state index is 13.0. The molecule has 2 N–H and O–H groups in total. The van der Waals surface area contributed by atoms with Crippen LogP contribution in [0.25, 0.3) is 0 Å². The topological polar surface area (TPSA) is 110 Å². The number of nitro groups is 1. The first-order valence-electron chi connectivity index (χ1n) is 4.31. The van der Waals surface area contributed by atoms with Crippen molar-refractivity contribution in [2.75, 3.05) is 7.11 Å². The number of nitro benzene ring substituents is 1. The molecular weight excluding hydrogens is 237 g/mol. The number of methoxy groups -OCH3 is 1. The standard InChI is InChI=1S/C9H8FNO6/c1-17-9(14)8(13)5-2-4(10)3-6(7(5)12)11(15)16/h2-3,8,12-13H,1H3. The zero-order valence-corrected chi connectivity index (χ0v) is 8.58. The molecule has 1 aromatic rings. The zero-order valence-electron chi connectivity index (χ0n) is 8.58. The zero-order chi connectivity index (χ0) is 13.2. The van der Waals surface area contributed by atoms with Crippen LogP contribution in [0.2, 0.25) is 0 Å². The van der Waals surface area contributed by atoms with E-state index in [1.54, 1.807) is 0 Å². The fourth-order valence-electron chi connectivity index (χ4n) is 1.19. The summed E-state index contributed by atoms with van der Waals surface area (Å²) in [7, 11) is 0.969. The molecule has 0 bridgehead atoms. The summed E-state index contributed by atoms with van der Waals surface area (Å²) >= 11 is 0. The van der Waals surface area contributed by atoms with Gasteiger partial charge in [0.1, 0.15) is 5.82 Å². The molecule has 1 atom stereocenters. The van der Waals surface area contributed by atoms with Crippen molar-refractivity contribution in [1.82, 2.24) is 0 Å². The molecule has 0 saturated heterocycles. The van der Waals surface area contributed by atoms with E-state index in [1.807, 2.05) is 0 Å². The summed E-state index contributed by atoms with van der Waals surface area (Å²) in [5, 5.41) is 29.3. The van der Waals surface area contributed by atoms with Crippen LogP contribution in [0.15, 0.2) is 12.1 Å². The van der Waals surface area contributed by atoms with Crippen LogP contribution in [-0.2, 0) is 9.53 Å². The van der Waals surface area contributed by atoms with Crippen LogP contribution in [0.5, 0.6) is 5.75 Å². The number of rotatable bonds is 3. The van der Waals surface area contributed by atoms with Crippen molar-refractivity contribution in [2.24, 2.45) is 0 Å². The molecule has 0 radical (unpaired) electrons. The summed E-state index contributed by atoms with van der Waals surface area (Å²) in [6.45, 7) is 0. The number of carbonyl (C=O) groups excluding carboxylic acids is 1. The monoisotopic (exact) mass is 245 g/mol. The first-order valence-corrected chi connectivity index (χ1v) is 4.31.